The van der Waals surface area contributed by atoms with Crippen molar-refractivity contribution in [3.63, 3.8) is 0 Å². The summed E-state index contributed by atoms with van der Waals surface area (Å²) in [5.74, 6) is 0. The molecule has 11 heavy (non-hydrogen) atoms. The number of hydrazine groups is 1. The van der Waals surface area contributed by atoms with Gasteiger partial charge in [-0.1, -0.05) is 20.8 Å². The fourth-order valence-electron chi connectivity index (χ4n) is 1.08. The van der Waals surface area contributed by atoms with Gasteiger partial charge in [-0.05, 0) is 19.3 Å². The molecule has 0 aromatic heterocycles. The molecule has 0 unspecified atom stereocenters. The third-order valence-corrected chi connectivity index (χ3v) is 1.57. The fraction of sp³-hybridized carbons (Fsp3) is 1.00. The minimum atomic E-state index is 1.11. The van der Waals surface area contributed by atoms with Crippen molar-refractivity contribution in [2.75, 3.05) is 19.6 Å². The summed E-state index contributed by atoms with van der Waals surface area (Å²) in [5, 5.41) is 2.32. The summed E-state index contributed by atoms with van der Waals surface area (Å²) in [6.45, 7) is 10.1. The normalized spacial score (nSPS) is 10.9. The van der Waals surface area contributed by atoms with Gasteiger partial charge < -0.3 is 0 Å². The van der Waals surface area contributed by atoms with E-state index in [9.17, 15) is 0 Å². The van der Waals surface area contributed by atoms with E-state index < -0.39 is 0 Å². The molecule has 68 valence electrons. The Labute approximate surface area is 70.9 Å². The predicted octanol–water partition coefficient (Wildman–Crippen LogP) is 2.02. The van der Waals surface area contributed by atoms with Gasteiger partial charge in [0, 0.05) is 19.6 Å². The Bertz CT molecular complexity index is 68.0. The first-order valence-electron chi connectivity index (χ1n) is 4.83. The molecule has 0 rings (SSSR count). The van der Waals surface area contributed by atoms with Gasteiger partial charge in [0.15, 0.2) is 0 Å². The van der Waals surface area contributed by atoms with Crippen LogP contribution in [0.5, 0.6) is 0 Å². The van der Waals surface area contributed by atoms with Crippen LogP contribution in [0, 0.1) is 0 Å². The van der Waals surface area contributed by atoms with Crippen molar-refractivity contribution >= 4 is 0 Å². The molecule has 0 heterocycles. The van der Waals surface area contributed by atoms with Crippen molar-refractivity contribution in [1.82, 2.24) is 10.4 Å². The predicted molar refractivity (Wildman–Crippen MR) is 50.4 cm³/mol. The second-order valence-corrected chi connectivity index (χ2v) is 2.90. The minimum Gasteiger partial charge on any atom is -0.255 e. The van der Waals surface area contributed by atoms with Gasteiger partial charge in [0.2, 0.25) is 0 Å². The summed E-state index contributed by atoms with van der Waals surface area (Å²) in [4.78, 5) is 0. The van der Waals surface area contributed by atoms with Crippen molar-refractivity contribution < 1.29 is 0 Å². The molecule has 0 saturated carbocycles. The lowest BCUT2D eigenvalue weighted by Crippen LogP contribution is -2.39. The second-order valence-electron chi connectivity index (χ2n) is 2.90. The number of hydrogen-bond donors (Lipinski definition) is 1. The number of hydrogen-bond acceptors (Lipinski definition) is 2. The van der Waals surface area contributed by atoms with Crippen LogP contribution in [0.15, 0.2) is 0 Å². The van der Waals surface area contributed by atoms with Gasteiger partial charge >= 0.3 is 0 Å². The molecule has 0 aromatic rings. The molecule has 0 fully saturated rings. The minimum absolute atomic E-state index is 1.11. The molecule has 0 aromatic carbocycles. The highest BCUT2D eigenvalue weighted by atomic mass is 15.5. The zero-order valence-electron chi connectivity index (χ0n) is 8.19. The average Bonchev–Trinajstić information content (AvgIpc) is 2.01. The zero-order chi connectivity index (χ0) is 8.53. The highest BCUT2D eigenvalue weighted by Gasteiger charge is 1.98. The van der Waals surface area contributed by atoms with E-state index in [-0.39, 0.29) is 0 Å². The van der Waals surface area contributed by atoms with Crippen LogP contribution in [0.3, 0.4) is 0 Å². The van der Waals surface area contributed by atoms with Crippen LogP contribution in [0.25, 0.3) is 0 Å². The van der Waals surface area contributed by atoms with Crippen LogP contribution >= 0.6 is 0 Å². The van der Waals surface area contributed by atoms with Crippen LogP contribution in [-0.4, -0.2) is 24.6 Å². The Balaban J connectivity index is 3.34. The van der Waals surface area contributed by atoms with Gasteiger partial charge in [0.05, 0.1) is 0 Å². The number of rotatable bonds is 7. The average molecular weight is 158 g/mol. The van der Waals surface area contributed by atoms with E-state index in [2.05, 4.69) is 31.2 Å². The lowest BCUT2D eigenvalue weighted by Gasteiger charge is -2.21. The van der Waals surface area contributed by atoms with Crippen LogP contribution in [0.1, 0.15) is 40.0 Å². The van der Waals surface area contributed by atoms with Crippen molar-refractivity contribution in [2.45, 2.75) is 40.0 Å². The highest BCUT2D eigenvalue weighted by molar-refractivity contribution is 4.49. The third-order valence-electron chi connectivity index (χ3n) is 1.57. The Morgan fingerprint density at radius 1 is 0.909 bits per heavy atom. The molecule has 2 nitrogen and oxygen atoms in total. The molecule has 0 saturated heterocycles. The van der Waals surface area contributed by atoms with Crippen molar-refractivity contribution in [2.24, 2.45) is 0 Å². The molecule has 2 heteroatoms. The van der Waals surface area contributed by atoms with Crippen molar-refractivity contribution in [3.8, 4) is 0 Å². The molecule has 0 spiro atoms. The van der Waals surface area contributed by atoms with E-state index in [1.54, 1.807) is 0 Å². The Kier molecular flexibility index (Phi) is 7.96. The monoisotopic (exact) mass is 158 g/mol. The van der Waals surface area contributed by atoms with Gasteiger partial charge in [-0.25, -0.2) is 5.01 Å². The van der Waals surface area contributed by atoms with E-state index in [0.717, 1.165) is 6.54 Å². The van der Waals surface area contributed by atoms with Crippen LogP contribution in [-0.2, 0) is 0 Å². The van der Waals surface area contributed by atoms with Crippen LogP contribution < -0.4 is 5.43 Å². The van der Waals surface area contributed by atoms with E-state index in [1.165, 1.54) is 32.4 Å². The lowest BCUT2D eigenvalue weighted by molar-refractivity contribution is 0.188. The molecule has 0 bridgehead atoms. The van der Waals surface area contributed by atoms with Gasteiger partial charge in [-0.2, -0.15) is 0 Å². The molecular formula is C9H22N2. The van der Waals surface area contributed by atoms with Crippen molar-refractivity contribution in [3.05, 3.63) is 0 Å². The van der Waals surface area contributed by atoms with E-state index in [4.69, 9.17) is 0 Å². The van der Waals surface area contributed by atoms with Gasteiger partial charge in [0.25, 0.3) is 0 Å². The summed E-state index contributed by atoms with van der Waals surface area (Å²) in [7, 11) is 0. The zero-order valence-corrected chi connectivity index (χ0v) is 8.19. The maximum absolute atomic E-state index is 3.40. The summed E-state index contributed by atoms with van der Waals surface area (Å²) in [5.41, 5.74) is 3.40. The quantitative estimate of drug-likeness (QED) is 0.570. The topological polar surface area (TPSA) is 15.3 Å². The van der Waals surface area contributed by atoms with Gasteiger partial charge in [0.1, 0.15) is 0 Å². The van der Waals surface area contributed by atoms with Gasteiger partial charge in [-0.15, -0.1) is 0 Å². The second kappa shape index (κ2) is 8.02. The van der Waals surface area contributed by atoms with Crippen molar-refractivity contribution in [1.29, 1.82) is 0 Å². The molecule has 0 radical (unpaired) electrons. The van der Waals surface area contributed by atoms with Crippen LogP contribution in [0.2, 0.25) is 0 Å². The third kappa shape index (κ3) is 6.32. The number of nitrogens with one attached hydrogen (secondary N) is 1. The first-order valence-corrected chi connectivity index (χ1v) is 4.83. The largest absolute Gasteiger partial charge is 0.255 e. The van der Waals surface area contributed by atoms with Gasteiger partial charge in [-0.3, -0.25) is 5.43 Å². The molecule has 0 aliphatic rings. The van der Waals surface area contributed by atoms with E-state index in [1.807, 2.05) is 0 Å². The molecule has 0 aliphatic heterocycles. The number of nitrogens with zero attached hydrogens (tertiary/aromatic N) is 1. The summed E-state index contributed by atoms with van der Waals surface area (Å²) in [6, 6.07) is 0. The first kappa shape index (κ1) is 10.9. The summed E-state index contributed by atoms with van der Waals surface area (Å²) in [6.07, 6.45) is 3.68. The molecule has 0 atom stereocenters. The molecule has 0 amide bonds. The Hall–Kier alpha value is -0.0800. The maximum atomic E-state index is 3.40. The Morgan fingerprint density at radius 2 is 1.45 bits per heavy atom. The Morgan fingerprint density at radius 3 is 1.82 bits per heavy atom. The summed E-state index contributed by atoms with van der Waals surface area (Å²) >= 11 is 0. The highest BCUT2D eigenvalue weighted by Crippen LogP contribution is 1.89. The standard InChI is InChI=1S/C9H22N2/c1-4-7-10-11(8-5-2)9-6-3/h10H,4-9H2,1-3H3. The van der Waals surface area contributed by atoms with Crippen LogP contribution in [0.4, 0.5) is 0 Å². The molecular weight excluding hydrogens is 136 g/mol. The SMILES string of the molecule is CCCNN(CCC)CCC. The maximum Gasteiger partial charge on any atom is 0.0128 e. The lowest BCUT2D eigenvalue weighted by atomic mass is 10.4. The first-order chi connectivity index (χ1) is 5.35. The molecule has 1 N–H and O–H groups in total. The fourth-order valence-corrected chi connectivity index (χ4v) is 1.08. The smallest absolute Gasteiger partial charge is 0.0128 e. The summed E-state index contributed by atoms with van der Waals surface area (Å²) < 4.78 is 0. The van der Waals surface area contributed by atoms with E-state index in [0.29, 0.717) is 0 Å². The molecule has 0 aliphatic carbocycles. The van der Waals surface area contributed by atoms with E-state index >= 15 is 0 Å².